The summed E-state index contributed by atoms with van der Waals surface area (Å²) in [5.74, 6) is -1.93. The monoisotopic (exact) mass is 322 g/mol. The van der Waals surface area contributed by atoms with Gasteiger partial charge in [-0.25, -0.2) is 0 Å². The second-order valence-corrected chi connectivity index (χ2v) is 6.68. The number of fused-ring (bicyclic) bond motifs is 1. The minimum Gasteiger partial charge on any atom is -0.465 e. The molecule has 2 aliphatic carbocycles. The van der Waals surface area contributed by atoms with E-state index in [1.165, 1.54) is 0 Å². The summed E-state index contributed by atoms with van der Waals surface area (Å²) < 4.78 is 10.2. The number of carbonyl (C=O) groups excluding carboxylic acids is 3. The first-order chi connectivity index (χ1) is 10.9. The number of esters is 2. The molecule has 0 heterocycles. The van der Waals surface area contributed by atoms with E-state index in [1.807, 2.05) is 0 Å². The Bertz CT molecular complexity index is 504. The average Bonchev–Trinajstić information content (AvgIpc) is 2.49. The fraction of sp³-hybridized carbons (Fsp3) is 0.722. The number of rotatable bonds is 5. The van der Waals surface area contributed by atoms with Gasteiger partial charge in [-0.1, -0.05) is 12.5 Å². The second-order valence-electron chi connectivity index (χ2n) is 6.68. The maximum Gasteiger partial charge on any atom is 0.320 e. The molecule has 2 aliphatic rings. The van der Waals surface area contributed by atoms with Crippen LogP contribution < -0.4 is 0 Å². The van der Waals surface area contributed by atoms with Crippen LogP contribution in [0, 0.1) is 17.3 Å². The predicted molar refractivity (Wildman–Crippen MR) is 84.5 cm³/mol. The third-order valence-corrected chi connectivity index (χ3v) is 5.14. The van der Waals surface area contributed by atoms with Crippen molar-refractivity contribution in [2.45, 2.75) is 52.9 Å². The van der Waals surface area contributed by atoms with Gasteiger partial charge in [-0.3, -0.25) is 14.4 Å². The van der Waals surface area contributed by atoms with Crippen molar-refractivity contribution in [2.24, 2.45) is 17.3 Å². The number of ether oxygens (including phenoxy) is 2. The lowest BCUT2D eigenvalue weighted by atomic mass is 9.61. The molecule has 0 spiro atoms. The molecular weight excluding hydrogens is 296 g/mol. The zero-order valence-electron chi connectivity index (χ0n) is 14.2. The zero-order valence-corrected chi connectivity index (χ0v) is 14.2. The van der Waals surface area contributed by atoms with Crippen LogP contribution in [-0.2, 0) is 23.9 Å². The van der Waals surface area contributed by atoms with Crippen LogP contribution in [0.4, 0.5) is 0 Å². The number of ketones is 1. The van der Waals surface area contributed by atoms with Crippen LogP contribution in [0.25, 0.3) is 0 Å². The molecule has 128 valence electrons. The first-order valence-electron chi connectivity index (χ1n) is 8.48. The Morgan fingerprint density at radius 2 is 1.83 bits per heavy atom. The molecule has 0 aromatic heterocycles. The van der Waals surface area contributed by atoms with Crippen molar-refractivity contribution in [1.29, 1.82) is 0 Å². The molecule has 0 unspecified atom stereocenters. The maximum atomic E-state index is 12.3. The van der Waals surface area contributed by atoms with Crippen molar-refractivity contribution < 1.29 is 23.9 Å². The van der Waals surface area contributed by atoms with E-state index in [-0.39, 0.29) is 30.3 Å². The van der Waals surface area contributed by atoms with Crippen LogP contribution in [-0.4, -0.2) is 30.9 Å². The predicted octanol–water partition coefficient (Wildman–Crippen LogP) is 2.82. The average molecular weight is 322 g/mol. The Morgan fingerprint density at radius 1 is 1.22 bits per heavy atom. The van der Waals surface area contributed by atoms with E-state index in [9.17, 15) is 14.4 Å². The summed E-state index contributed by atoms with van der Waals surface area (Å²) in [6, 6.07) is 0. The quantitative estimate of drug-likeness (QED) is 0.575. The molecule has 1 saturated carbocycles. The Labute approximate surface area is 137 Å². The molecule has 0 aliphatic heterocycles. The molecule has 23 heavy (non-hydrogen) atoms. The number of allylic oxidation sites excluding steroid dienone is 2. The van der Waals surface area contributed by atoms with Gasteiger partial charge in [0.1, 0.15) is 0 Å². The zero-order chi connectivity index (χ0) is 17.0. The highest BCUT2D eigenvalue weighted by Crippen LogP contribution is 2.50. The molecule has 0 aromatic rings. The molecule has 0 amide bonds. The molecular formula is C18H26O5. The van der Waals surface area contributed by atoms with E-state index >= 15 is 0 Å². The van der Waals surface area contributed by atoms with Gasteiger partial charge in [-0.15, -0.1) is 0 Å². The Balaban J connectivity index is 2.21. The van der Waals surface area contributed by atoms with Crippen molar-refractivity contribution >= 4 is 17.7 Å². The van der Waals surface area contributed by atoms with Gasteiger partial charge in [0.15, 0.2) is 11.7 Å². The second kappa shape index (κ2) is 7.28. The molecule has 0 N–H and O–H groups in total. The number of carbonyl (C=O) groups is 3. The number of hydrogen-bond acceptors (Lipinski definition) is 5. The van der Waals surface area contributed by atoms with Crippen LogP contribution in [0.2, 0.25) is 0 Å². The van der Waals surface area contributed by atoms with E-state index in [0.717, 1.165) is 24.8 Å². The molecule has 2 rings (SSSR count). The summed E-state index contributed by atoms with van der Waals surface area (Å²) >= 11 is 0. The van der Waals surface area contributed by atoms with E-state index in [2.05, 4.69) is 6.92 Å². The van der Waals surface area contributed by atoms with E-state index in [1.54, 1.807) is 19.9 Å². The Hall–Kier alpha value is -1.65. The first-order valence-corrected chi connectivity index (χ1v) is 8.48. The fourth-order valence-electron chi connectivity index (χ4n) is 3.71. The molecule has 5 nitrogen and oxygen atoms in total. The molecule has 0 radical (unpaired) electrons. The van der Waals surface area contributed by atoms with Crippen LogP contribution in [0.1, 0.15) is 52.9 Å². The van der Waals surface area contributed by atoms with Crippen LogP contribution in [0.15, 0.2) is 11.6 Å². The van der Waals surface area contributed by atoms with E-state index < -0.39 is 17.9 Å². The summed E-state index contributed by atoms with van der Waals surface area (Å²) in [5, 5.41) is 0. The third kappa shape index (κ3) is 3.82. The summed E-state index contributed by atoms with van der Waals surface area (Å²) in [4.78, 5) is 36.3. The lowest BCUT2D eigenvalue weighted by Gasteiger charge is -2.43. The summed E-state index contributed by atoms with van der Waals surface area (Å²) in [7, 11) is 0. The van der Waals surface area contributed by atoms with Gasteiger partial charge in [0.25, 0.3) is 0 Å². The smallest absolute Gasteiger partial charge is 0.320 e. The highest BCUT2D eigenvalue weighted by Gasteiger charge is 2.45. The standard InChI is InChI=1S/C18H26O5/c1-4-22-16(20)15(17(21)23-5-2)12-6-8-18(3)9-7-14(19)11-13(18)10-12/h11-12,15H,4-10H2,1-3H3/t12-,18-/m0/s1. The molecule has 2 atom stereocenters. The van der Waals surface area contributed by atoms with Gasteiger partial charge in [-0.2, -0.15) is 0 Å². The molecule has 5 heteroatoms. The van der Waals surface area contributed by atoms with Crippen LogP contribution in [0.3, 0.4) is 0 Å². The van der Waals surface area contributed by atoms with Gasteiger partial charge >= 0.3 is 11.9 Å². The van der Waals surface area contributed by atoms with Crippen LogP contribution >= 0.6 is 0 Å². The maximum absolute atomic E-state index is 12.3. The van der Waals surface area contributed by atoms with Gasteiger partial charge in [0.2, 0.25) is 0 Å². The largest absolute Gasteiger partial charge is 0.465 e. The highest BCUT2D eigenvalue weighted by molar-refractivity contribution is 5.95. The summed E-state index contributed by atoms with van der Waals surface area (Å²) in [6.45, 7) is 6.09. The van der Waals surface area contributed by atoms with E-state index in [4.69, 9.17) is 9.47 Å². The van der Waals surface area contributed by atoms with Crippen molar-refractivity contribution in [3.05, 3.63) is 11.6 Å². The van der Waals surface area contributed by atoms with Gasteiger partial charge in [-0.05, 0) is 56.9 Å². The number of hydrogen-bond donors (Lipinski definition) is 0. The third-order valence-electron chi connectivity index (χ3n) is 5.14. The molecule has 0 bridgehead atoms. The minimum atomic E-state index is -0.891. The van der Waals surface area contributed by atoms with Gasteiger partial charge in [0, 0.05) is 6.42 Å². The Kier molecular flexibility index (Phi) is 5.60. The normalized spacial score (nSPS) is 27.2. The fourth-order valence-corrected chi connectivity index (χ4v) is 3.71. The van der Waals surface area contributed by atoms with E-state index in [0.29, 0.717) is 12.8 Å². The van der Waals surface area contributed by atoms with Crippen molar-refractivity contribution in [2.75, 3.05) is 13.2 Å². The van der Waals surface area contributed by atoms with Crippen molar-refractivity contribution in [3.8, 4) is 0 Å². The van der Waals surface area contributed by atoms with Crippen molar-refractivity contribution in [1.82, 2.24) is 0 Å². The molecule has 0 saturated heterocycles. The van der Waals surface area contributed by atoms with Gasteiger partial charge in [0.05, 0.1) is 13.2 Å². The minimum absolute atomic E-state index is 0.0261. The molecule has 0 aromatic carbocycles. The first kappa shape index (κ1) is 17.7. The van der Waals surface area contributed by atoms with Crippen LogP contribution in [0.5, 0.6) is 0 Å². The molecule has 1 fully saturated rings. The topological polar surface area (TPSA) is 69.7 Å². The SMILES string of the molecule is CCOC(=O)C(C(=O)OCC)[C@H]1CC[C@@]2(C)CCC(=O)C=C2C1. The van der Waals surface area contributed by atoms with Crippen molar-refractivity contribution in [3.63, 3.8) is 0 Å². The Morgan fingerprint density at radius 3 is 2.39 bits per heavy atom. The van der Waals surface area contributed by atoms with Gasteiger partial charge < -0.3 is 9.47 Å². The highest BCUT2D eigenvalue weighted by atomic mass is 16.6. The summed E-state index contributed by atoms with van der Waals surface area (Å²) in [5.41, 5.74) is 1.10. The lowest BCUT2D eigenvalue weighted by molar-refractivity contribution is -0.165. The lowest BCUT2D eigenvalue weighted by Crippen LogP contribution is -2.40. The summed E-state index contributed by atoms with van der Waals surface area (Å²) in [6.07, 6.45) is 5.40.